The minimum atomic E-state index is -0.727. The average Bonchev–Trinajstić information content (AvgIpc) is 2.43. The Labute approximate surface area is 119 Å². The normalized spacial score (nSPS) is 9.65. The minimum absolute atomic E-state index is 0.0474. The van der Waals surface area contributed by atoms with Gasteiger partial charge in [-0.2, -0.15) is 0 Å². The zero-order valence-electron chi connectivity index (χ0n) is 10.3. The van der Waals surface area contributed by atoms with Gasteiger partial charge in [-0.15, -0.1) is 11.6 Å². The van der Waals surface area contributed by atoms with Crippen LogP contribution in [0.3, 0.4) is 0 Å². The number of ether oxygens (including phenoxy) is 1. The molecule has 0 unspecified atom stereocenters. The fraction of sp³-hybridized carbons (Fsp3) is 0.273. The maximum Gasteiger partial charge on any atom is 0.321 e. The number of imide groups is 1. The summed E-state index contributed by atoms with van der Waals surface area (Å²) < 4.78 is 5.01. The first-order valence-electron chi connectivity index (χ1n) is 5.54. The summed E-state index contributed by atoms with van der Waals surface area (Å²) >= 11 is 5.35. The molecule has 0 atom stereocenters. The molecule has 3 amide bonds. The second kappa shape index (κ2) is 7.95. The van der Waals surface area contributed by atoms with Crippen molar-refractivity contribution >= 4 is 29.2 Å². The molecule has 0 spiro atoms. The summed E-state index contributed by atoms with van der Waals surface area (Å²) in [6.07, 6.45) is 0. The van der Waals surface area contributed by atoms with Crippen LogP contribution in [0.2, 0.25) is 0 Å². The lowest BCUT2D eigenvalue weighted by Crippen LogP contribution is -2.42. The highest BCUT2D eigenvalue weighted by Crippen LogP contribution is 2.25. The molecule has 0 bridgehead atoms. The monoisotopic (exact) mass is 301 g/mol. The SMILES string of the molecule is O=C(COc1ccccc1[N+](=O)[O-])NC(=O)NCCCl. The van der Waals surface area contributed by atoms with E-state index in [0.717, 1.165) is 0 Å². The number of benzene rings is 1. The van der Waals surface area contributed by atoms with Gasteiger partial charge in [0.1, 0.15) is 0 Å². The Morgan fingerprint density at radius 1 is 1.35 bits per heavy atom. The number of hydrogen-bond donors (Lipinski definition) is 2. The lowest BCUT2D eigenvalue weighted by molar-refractivity contribution is -0.385. The van der Waals surface area contributed by atoms with Crippen molar-refractivity contribution in [2.45, 2.75) is 0 Å². The van der Waals surface area contributed by atoms with Crippen LogP contribution in [0.5, 0.6) is 5.75 Å². The molecule has 9 heteroatoms. The number of nitrogens with one attached hydrogen (secondary N) is 2. The van der Waals surface area contributed by atoms with Crippen LogP contribution in [0.1, 0.15) is 0 Å². The van der Waals surface area contributed by atoms with E-state index in [0.29, 0.717) is 0 Å². The first-order valence-corrected chi connectivity index (χ1v) is 6.08. The Morgan fingerprint density at radius 3 is 2.70 bits per heavy atom. The van der Waals surface area contributed by atoms with E-state index >= 15 is 0 Å². The number of carbonyl (C=O) groups excluding carboxylic acids is 2. The van der Waals surface area contributed by atoms with Gasteiger partial charge in [0.05, 0.1) is 4.92 Å². The molecule has 1 aromatic carbocycles. The Balaban J connectivity index is 2.49. The predicted octanol–water partition coefficient (Wildman–Crippen LogP) is 1.04. The number of nitro groups is 1. The molecular formula is C11H12ClN3O5. The number of nitrogens with zero attached hydrogens (tertiary/aromatic N) is 1. The van der Waals surface area contributed by atoms with E-state index in [4.69, 9.17) is 16.3 Å². The van der Waals surface area contributed by atoms with Crippen LogP contribution < -0.4 is 15.4 Å². The molecular weight excluding hydrogens is 290 g/mol. The van der Waals surface area contributed by atoms with Gasteiger partial charge in [-0.3, -0.25) is 20.2 Å². The van der Waals surface area contributed by atoms with Gasteiger partial charge in [0.2, 0.25) is 0 Å². The van der Waals surface area contributed by atoms with Gasteiger partial charge in [-0.1, -0.05) is 12.1 Å². The van der Waals surface area contributed by atoms with E-state index in [1.165, 1.54) is 24.3 Å². The molecule has 0 saturated carbocycles. The minimum Gasteiger partial charge on any atom is -0.477 e. The third kappa shape index (κ3) is 5.11. The van der Waals surface area contributed by atoms with E-state index in [1.54, 1.807) is 0 Å². The Morgan fingerprint density at radius 2 is 2.05 bits per heavy atom. The topological polar surface area (TPSA) is 111 Å². The summed E-state index contributed by atoms with van der Waals surface area (Å²) in [5.41, 5.74) is -0.258. The lowest BCUT2D eigenvalue weighted by Gasteiger charge is -2.07. The molecule has 0 aliphatic heterocycles. The van der Waals surface area contributed by atoms with Gasteiger partial charge in [0.25, 0.3) is 5.91 Å². The van der Waals surface area contributed by atoms with E-state index < -0.39 is 23.5 Å². The largest absolute Gasteiger partial charge is 0.477 e. The van der Waals surface area contributed by atoms with Crippen LogP contribution in [0, 0.1) is 10.1 Å². The molecule has 0 heterocycles. The maximum atomic E-state index is 11.4. The predicted molar refractivity (Wildman–Crippen MR) is 70.9 cm³/mol. The van der Waals surface area contributed by atoms with Crippen molar-refractivity contribution in [1.82, 2.24) is 10.6 Å². The van der Waals surface area contributed by atoms with Crippen molar-refractivity contribution in [1.29, 1.82) is 0 Å². The summed E-state index contributed by atoms with van der Waals surface area (Å²) in [5.74, 6) is -0.557. The smallest absolute Gasteiger partial charge is 0.321 e. The molecule has 0 radical (unpaired) electrons. The fourth-order valence-corrected chi connectivity index (χ4v) is 1.34. The van der Waals surface area contributed by atoms with Gasteiger partial charge in [-0.25, -0.2) is 4.79 Å². The average molecular weight is 302 g/mol. The van der Waals surface area contributed by atoms with Crippen molar-refractivity contribution in [3.05, 3.63) is 34.4 Å². The summed E-state index contributed by atoms with van der Waals surface area (Å²) in [5, 5.41) is 15.0. The van der Waals surface area contributed by atoms with Crippen LogP contribution in [0.15, 0.2) is 24.3 Å². The number of urea groups is 1. The van der Waals surface area contributed by atoms with E-state index in [1.807, 2.05) is 5.32 Å². The molecule has 0 aliphatic carbocycles. The first-order chi connectivity index (χ1) is 9.54. The molecule has 1 aromatic rings. The third-order valence-corrected chi connectivity index (χ3v) is 2.24. The number of nitro benzene ring substituents is 1. The fourth-order valence-electron chi connectivity index (χ4n) is 1.24. The first kappa shape index (κ1) is 15.7. The highest BCUT2D eigenvalue weighted by atomic mass is 35.5. The van der Waals surface area contributed by atoms with Gasteiger partial charge < -0.3 is 10.1 Å². The van der Waals surface area contributed by atoms with E-state index in [9.17, 15) is 19.7 Å². The number of amides is 3. The van der Waals surface area contributed by atoms with Crippen molar-refractivity contribution in [2.75, 3.05) is 19.0 Å². The summed E-state index contributed by atoms with van der Waals surface area (Å²) in [6, 6.07) is 4.92. The second-order valence-electron chi connectivity index (χ2n) is 3.51. The number of carbonyl (C=O) groups is 2. The molecule has 1 rings (SSSR count). The number of halogens is 1. The van der Waals surface area contributed by atoms with Gasteiger partial charge >= 0.3 is 11.7 Å². The van der Waals surface area contributed by atoms with Crippen LogP contribution in [0.25, 0.3) is 0 Å². The zero-order chi connectivity index (χ0) is 15.0. The van der Waals surface area contributed by atoms with Gasteiger partial charge in [0.15, 0.2) is 12.4 Å². The van der Waals surface area contributed by atoms with E-state index in [2.05, 4.69) is 5.32 Å². The highest BCUT2D eigenvalue weighted by molar-refractivity contribution is 6.18. The quantitative estimate of drug-likeness (QED) is 0.463. The molecule has 8 nitrogen and oxygen atoms in total. The van der Waals surface area contributed by atoms with Gasteiger partial charge in [-0.05, 0) is 6.07 Å². The van der Waals surface area contributed by atoms with Crippen LogP contribution >= 0.6 is 11.6 Å². The van der Waals surface area contributed by atoms with Crippen LogP contribution in [-0.4, -0.2) is 35.9 Å². The highest BCUT2D eigenvalue weighted by Gasteiger charge is 2.15. The van der Waals surface area contributed by atoms with E-state index in [-0.39, 0.29) is 23.9 Å². The zero-order valence-corrected chi connectivity index (χ0v) is 11.1. The Kier molecular flexibility index (Phi) is 6.24. The molecule has 20 heavy (non-hydrogen) atoms. The third-order valence-electron chi connectivity index (χ3n) is 2.05. The molecule has 0 aromatic heterocycles. The number of rotatable bonds is 6. The van der Waals surface area contributed by atoms with Crippen LogP contribution in [-0.2, 0) is 4.79 Å². The number of para-hydroxylation sites is 2. The molecule has 0 saturated heterocycles. The van der Waals surface area contributed by atoms with Crippen molar-refractivity contribution < 1.29 is 19.2 Å². The number of hydrogen-bond acceptors (Lipinski definition) is 5. The standard InChI is InChI=1S/C11H12ClN3O5/c12-5-6-13-11(17)14-10(16)7-20-9-4-2-1-3-8(9)15(18)19/h1-4H,5-7H2,(H2,13,14,16,17). The van der Waals surface area contributed by atoms with Crippen LogP contribution in [0.4, 0.5) is 10.5 Å². The molecule has 108 valence electrons. The number of alkyl halides is 1. The molecule has 2 N–H and O–H groups in total. The lowest BCUT2D eigenvalue weighted by atomic mass is 10.3. The van der Waals surface area contributed by atoms with Crippen molar-refractivity contribution in [3.63, 3.8) is 0 Å². The molecule has 0 aliphatic rings. The Bertz CT molecular complexity index is 509. The molecule has 0 fully saturated rings. The van der Waals surface area contributed by atoms with Crippen molar-refractivity contribution in [3.8, 4) is 5.75 Å². The summed E-state index contributed by atoms with van der Waals surface area (Å²) in [4.78, 5) is 32.6. The Hall–Kier alpha value is -2.35. The van der Waals surface area contributed by atoms with Crippen molar-refractivity contribution in [2.24, 2.45) is 0 Å². The maximum absolute atomic E-state index is 11.4. The summed E-state index contributed by atoms with van der Waals surface area (Å²) in [6.45, 7) is -0.301. The van der Waals surface area contributed by atoms with Gasteiger partial charge in [0, 0.05) is 18.5 Å². The summed E-state index contributed by atoms with van der Waals surface area (Å²) in [7, 11) is 0. The second-order valence-corrected chi connectivity index (χ2v) is 3.88.